The first kappa shape index (κ1) is 10.3. The van der Waals surface area contributed by atoms with E-state index in [9.17, 15) is 4.79 Å². The molecule has 80 valence electrons. The van der Waals surface area contributed by atoms with Crippen LogP contribution < -0.4 is 5.32 Å². The van der Waals surface area contributed by atoms with Crippen molar-refractivity contribution >= 4 is 17.7 Å². The van der Waals surface area contributed by atoms with Gasteiger partial charge in [0.15, 0.2) is 0 Å². The van der Waals surface area contributed by atoms with Gasteiger partial charge in [0.25, 0.3) is 0 Å². The summed E-state index contributed by atoms with van der Waals surface area (Å²) in [6.45, 7) is 2.81. The average Bonchev–Trinajstić information content (AvgIpc) is 2.27. The molecule has 2 aliphatic rings. The average molecular weight is 216 g/mol. The van der Waals surface area contributed by atoms with E-state index in [4.69, 9.17) is 4.74 Å². The highest BCUT2D eigenvalue weighted by atomic mass is 32.2. The molecule has 1 N–H and O–H groups in total. The molecule has 5 heteroatoms. The van der Waals surface area contributed by atoms with Gasteiger partial charge < -0.3 is 10.1 Å². The maximum Gasteiger partial charge on any atom is 0.324 e. The number of rotatable bonds is 1. The van der Waals surface area contributed by atoms with Crippen molar-refractivity contribution in [3.63, 3.8) is 0 Å². The van der Waals surface area contributed by atoms with Crippen molar-refractivity contribution in [3.8, 4) is 0 Å². The Kier molecular flexibility index (Phi) is 3.30. The number of ether oxygens (including phenoxy) is 1. The van der Waals surface area contributed by atoms with Crippen LogP contribution in [0.25, 0.3) is 0 Å². The minimum atomic E-state index is -0.137. The molecule has 2 fully saturated rings. The SMILES string of the molecule is COC(=O)C1CN2CCSCC2CN1. The quantitative estimate of drug-likeness (QED) is 0.601. The zero-order chi connectivity index (χ0) is 9.97. The molecule has 0 aromatic carbocycles. The molecule has 0 aliphatic carbocycles. The van der Waals surface area contributed by atoms with E-state index in [0.717, 1.165) is 19.6 Å². The van der Waals surface area contributed by atoms with E-state index < -0.39 is 0 Å². The van der Waals surface area contributed by atoms with Crippen LogP contribution in [0, 0.1) is 0 Å². The normalized spacial score (nSPS) is 33.5. The minimum absolute atomic E-state index is 0.126. The molecule has 2 saturated heterocycles. The van der Waals surface area contributed by atoms with Crippen molar-refractivity contribution in [2.75, 3.05) is 38.2 Å². The van der Waals surface area contributed by atoms with Gasteiger partial charge in [-0.25, -0.2) is 0 Å². The Morgan fingerprint density at radius 2 is 2.50 bits per heavy atom. The molecule has 2 unspecified atom stereocenters. The molecule has 0 aromatic heterocycles. The molecule has 2 rings (SSSR count). The molecule has 14 heavy (non-hydrogen) atoms. The molecular formula is C9H16N2O2S. The van der Waals surface area contributed by atoms with Gasteiger partial charge in [-0.1, -0.05) is 0 Å². The summed E-state index contributed by atoms with van der Waals surface area (Å²) in [5, 5.41) is 3.24. The van der Waals surface area contributed by atoms with Crippen LogP contribution in [-0.2, 0) is 9.53 Å². The van der Waals surface area contributed by atoms with Gasteiger partial charge in [0, 0.05) is 37.2 Å². The van der Waals surface area contributed by atoms with Gasteiger partial charge in [-0.3, -0.25) is 9.69 Å². The Bertz CT molecular complexity index is 225. The number of hydrogen-bond donors (Lipinski definition) is 1. The van der Waals surface area contributed by atoms with Gasteiger partial charge in [-0.15, -0.1) is 0 Å². The molecular weight excluding hydrogens is 200 g/mol. The largest absolute Gasteiger partial charge is 0.468 e. The monoisotopic (exact) mass is 216 g/mol. The topological polar surface area (TPSA) is 41.6 Å². The summed E-state index contributed by atoms with van der Waals surface area (Å²) in [6.07, 6.45) is 0. The Labute approximate surface area is 88.4 Å². The van der Waals surface area contributed by atoms with E-state index in [1.165, 1.54) is 18.6 Å². The fraction of sp³-hybridized carbons (Fsp3) is 0.889. The zero-order valence-corrected chi connectivity index (χ0v) is 9.18. The third-order valence-electron chi connectivity index (χ3n) is 2.85. The van der Waals surface area contributed by atoms with Gasteiger partial charge in [0.05, 0.1) is 7.11 Å². The zero-order valence-electron chi connectivity index (χ0n) is 8.36. The van der Waals surface area contributed by atoms with E-state index in [-0.39, 0.29) is 12.0 Å². The molecule has 0 aromatic rings. The summed E-state index contributed by atoms with van der Waals surface area (Å²) in [5.41, 5.74) is 0. The van der Waals surface area contributed by atoms with Gasteiger partial charge in [-0.05, 0) is 0 Å². The van der Waals surface area contributed by atoms with Crippen molar-refractivity contribution in [3.05, 3.63) is 0 Å². The lowest BCUT2D eigenvalue weighted by molar-refractivity contribution is -0.144. The first-order chi connectivity index (χ1) is 6.81. The third-order valence-corrected chi connectivity index (χ3v) is 3.94. The van der Waals surface area contributed by atoms with Crippen molar-refractivity contribution in [2.45, 2.75) is 12.1 Å². The maximum absolute atomic E-state index is 11.3. The Balaban J connectivity index is 1.92. The lowest BCUT2D eigenvalue weighted by atomic mass is 10.1. The van der Waals surface area contributed by atoms with Crippen LogP contribution in [-0.4, -0.2) is 61.2 Å². The maximum atomic E-state index is 11.3. The van der Waals surface area contributed by atoms with E-state index in [0.29, 0.717) is 6.04 Å². The van der Waals surface area contributed by atoms with Crippen LogP contribution in [0.2, 0.25) is 0 Å². The van der Waals surface area contributed by atoms with Crippen LogP contribution in [0.3, 0.4) is 0 Å². The number of fused-ring (bicyclic) bond motifs is 1. The lowest BCUT2D eigenvalue weighted by Gasteiger charge is -2.41. The highest BCUT2D eigenvalue weighted by molar-refractivity contribution is 7.99. The summed E-state index contributed by atoms with van der Waals surface area (Å²) >= 11 is 2.00. The lowest BCUT2D eigenvalue weighted by Crippen LogP contribution is -2.61. The number of thioether (sulfide) groups is 1. The first-order valence-electron chi connectivity index (χ1n) is 4.94. The van der Waals surface area contributed by atoms with Crippen LogP contribution >= 0.6 is 11.8 Å². The number of nitrogens with one attached hydrogen (secondary N) is 1. The second-order valence-corrected chi connectivity index (χ2v) is 4.86. The molecule has 2 atom stereocenters. The molecule has 0 amide bonds. The van der Waals surface area contributed by atoms with E-state index >= 15 is 0 Å². The van der Waals surface area contributed by atoms with Crippen molar-refractivity contribution in [2.24, 2.45) is 0 Å². The fourth-order valence-electron chi connectivity index (χ4n) is 2.00. The summed E-state index contributed by atoms with van der Waals surface area (Å²) in [7, 11) is 1.45. The minimum Gasteiger partial charge on any atom is -0.468 e. The van der Waals surface area contributed by atoms with Crippen LogP contribution in [0.1, 0.15) is 0 Å². The van der Waals surface area contributed by atoms with Crippen LogP contribution in [0.4, 0.5) is 0 Å². The number of nitrogens with zero attached hydrogens (tertiary/aromatic N) is 1. The summed E-state index contributed by atoms with van der Waals surface area (Å²) in [4.78, 5) is 13.7. The summed E-state index contributed by atoms with van der Waals surface area (Å²) < 4.78 is 4.74. The Morgan fingerprint density at radius 1 is 1.64 bits per heavy atom. The third kappa shape index (κ3) is 2.04. The fourth-order valence-corrected chi connectivity index (χ4v) is 3.13. The highest BCUT2D eigenvalue weighted by Crippen LogP contribution is 2.19. The van der Waals surface area contributed by atoms with E-state index in [2.05, 4.69) is 10.2 Å². The second-order valence-electron chi connectivity index (χ2n) is 3.71. The number of piperazine rings is 1. The molecule has 0 spiro atoms. The van der Waals surface area contributed by atoms with Crippen LogP contribution in [0.15, 0.2) is 0 Å². The van der Waals surface area contributed by atoms with Gasteiger partial charge in [0.1, 0.15) is 6.04 Å². The molecule has 0 bridgehead atoms. The predicted molar refractivity (Wildman–Crippen MR) is 56.5 cm³/mol. The van der Waals surface area contributed by atoms with Crippen LogP contribution in [0.5, 0.6) is 0 Å². The van der Waals surface area contributed by atoms with Crippen molar-refractivity contribution in [1.82, 2.24) is 10.2 Å². The van der Waals surface area contributed by atoms with Crippen molar-refractivity contribution in [1.29, 1.82) is 0 Å². The van der Waals surface area contributed by atoms with E-state index in [1.54, 1.807) is 0 Å². The van der Waals surface area contributed by atoms with E-state index in [1.807, 2.05) is 11.8 Å². The Hall–Kier alpha value is -0.260. The number of hydrogen-bond acceptors (Lipinski definition) is 5. The van der Waals surface area contributed by atoms with Gasteiger partial charge in [0.2, 0.25) is 0 Å². The summed E-state index contributed by atoms with van der Waals surface area (Å²) in [5.74, 6) is 2.23. The summed E-state index contributed by atoms with van der Waals surface area (Å²) in [6, 6.07) is 0.481. The first-order valence-corrected chi connectivity index (χ1v) is 6.09. The number of esters is 1. The van der Waals surface area contributed by atoms with Gasteiger partial charge in [-0.2, -0.15) is 11.8 Å². The van der Waals surface area contributed by atoms with Crippen molar-refractivity contribution < 1.29 is 9.53 Å². The standard InChI is InChI=1S/C9H16N2O2S/c1-13-9(12)8-5-11-2-3-14-6-7(11)4-10-8/h7-8,10H,2-6H2,1H3. The molecule has 4 nitrogen and oxygen atoms in total. The molecule has 0 saturated carbocycles. The number of carbonyl (C=O) groups excluding carboxylic acids is 1. The molecule has 2 aliphatic heterocycles. The smallest absolute Gasteiger partial charge is 0.324 e. The predicted octanol–water partition coefficient (Wildman–Crippen LogP) is -0.451. The molecule has 0 radical (unpaired) electrons. The number of carbonyl (C=O) groups is 1. The second kappa shape index (κ2) is 4.51. The Morgan fingerprint density at radius 3 is 3.29 bits per heavy atom. The van der Waals surface area contributed by atoms with Gasteiger partial charge >= 0.3 is 5.97 Å². The number of methoxy groups -OCH3 is 1. The highest BCUT2D eigenvalue weighted by Gasteiger charge is 2.33. The molecule has 2 heterocycles.